The maximum Gasteiger partial charge on any atom is 0.312 e. The average molecular weight is 272 g/mol. The zero-order valence-electron chi connectivity index (χ0n) is 11.9. The fourth-order valence-corrected chi connectivity index (χ4v) is 1.80. The van der Waals surface area contributed by atoms with Crippen LogP contribution >= 0.6 is 0 Å². The van der Waals surface area contributed by atoms with Crippen molar-refractivity contribution in [3.63, 3.8) is 0 Å². The van der Waals surface area contributed by atoms with E-state index in [4.69, 9.17) is 18.9 Å². The molecule has 0 aliphatic carbocycles. The van der Waals surface area contributed by atoms with Crippen LogP contribution in [-0.2, 0) is 20.2 Å². The molecule has 0 radical (unpaired) electrons. The first-order valence-corrected chi connectivity index (χ1v) is 6.39. The highest BCUT2D eigenvalue weighted by Crippen LogP contribution is 2.32. The molecule has 108 valence electrons. The quantitative estimate of drug-likeness (QED) is 0.682. The molecule has 0 atom stereocenters. The van der Waals surface area contributed by atoms with Gasteiger partial charge in [0.05, 0.1) is 7.11 Å². The van der Waals surface area contributed by atoms with Crippen molar-refractivity contribution in [3.8, 4) is 5.75 Å². The van der Waals surface area contributed by atoms with Gasteiger partial charge in [-0.25, -0.2) is 4.39 Å². The summed E-state index contributed by atoms with van der Waals surface area (Å²) >= 11 is 0. The highest BCUT2D eigenvalue weighted by atomic mass is 19.1. The van der Waals surface area contributed by atoms with Gasteiger partial charge in [-0.2, -0.15) is 0 Å². The Kier molecular flexibility index (Phi) is 6.21. The number of benzene rings is 1. The first kappa shape index (κ1) is 15.9. The Bertz CT molecular complexity index is 378. The topological polar surface area (TPSA) is 36.9 Å². The highest BCUT2D eigenvalue weighted by molar-refractivity contribution is 5.32. The normalized spacial score (nSPS) is 11.6. The molecule has 0 spiro atoms. The fourth-order valence-electron chi connectivity index (χ4n) is 1.80. The van der Waals surface area contributed by atoms with Crippen molar-refractivity contribution in [1.82, 2.24) is 0 Å². The van der Waals surface area contributed by atoms with Gasteiger partial charge in [0.15, 0.2) is 11.6 Å². The minimum Gasteiger partial charge on any atom is -0.494 e. The lowest BCUT2D eigenvalue weighted by Gasteiger charge is -2.32. The summed E-state index contributed by atoms with van der Waals surface area (Å²) in [5.41, 5.74) is 0.566. The van der Waals surface area contributed by atoms with Gasteiger partial charge in [0.1, 0.15) is 0 Å². The van der Waals surface area contributed by atoms with Crippen LogP contribution in [0.2, 0.25) is 0 Å². The summed E-state index contributed by atoms with van der Waals surface area (Å²) in [6.45, 7) is 6.73. The Morgan fingerprint density at radius 1 is 1.00 bits per heavy atom. The van der Waals surface area contributed by atoms with Crippen LogP contribution in [-0.4, -0.2) is 26.9 Å². The second kappa shape index (κ2) is 7.43. The van der Waals surface area contributed by atoms with E-state index in [9.17, 15) is 4.39 Å². The molecular formula is C14H21FO4. The van der Waals surface area contributed by atoms with Crippen molar-refractivity contribution in [2.45, 2.75) is 26.7 Å². The van der Waals surface area contributed by atoms with Crippen molar-refractivity contribution in [3.05, 3.63) is 29.6 Å². The second-order valence-electron chi connectivity index (χ2n) is 3.70. The lowest BCUT2D eigenvalue weighted by atomic mass is 10.1. The molecule has 0 saturated heterocycles. The van der Waals surface area contributed by atoms with Crippen LogP contribution in [0.5, 0.6) is 5.75 Å². The zero-order valence-corrected chi connectivity index (χ0v) is 11.9. The largest absolute Gasteiger partial charge is 0.494 e. The van der Waals surface area contributed by atoms with Crippen LogP contribution < -0.4 is 4.74 Å². The molecule has 1 aromatic rings. The Morgan fingerprint density at radius 2 is 1.53 bits per heavy atom. The van der Waals surface area contributed by atoms with Crippen LogP contribution in [0.25, 0.3) is 0 Å². The minimum absolute atomic E-state index is 0.126. The van der Waals surface area contributed by atoms with Gasteiger partial charge < -0.3 is 18.9 Å². The van der Waals surface area contributed by atoms with Gasteiger partial charge in [-0.05, 0) is 39.0 Å². The predicted molar refractivity (Wildman–Crippen MR) is 69.5 cm³/mol. The molecule has 0 amide bonds. The third kappa shape index (κ3) is 3.65. The summed E-state index contributed by atoms with van der Waals surface area (Å²) in [5.74, 6) is -1.63. The Balaban J connectivity index is 3.21. The molecule has 4 nitrogen and oxygen atoms in total. The van der Waals surface area contributed by atoms with Crippen molar-refractivity contribution >= 4 is 0 Å². The minimum atomic E-state index is -1.32. The maximum absolute atomic E-state index is 13.5. The maximum atomic E-state index is 13.5. The molecule has 19 heavy (non-hydrogen) atoms. The fraction of sp³-hybridized carbons (Fsp3) is 0.571. The van der Waals surface area contributed by atoms with E-state index >= 15 is 0 Å². The second-order valence-corrected chi connectivity index (χ2v) is 3.70. The molecule has 0 aromatic heterocycles. The molecule has 0 aliphatic heterocycles. The van der Waals surface area contributed by atoms with E-state index in [2.05, 4.69) is 0 Å². The lowest BCUT2D eigenvalue weighted by Crippen LogP contribution is -2.36. The van der Waals surface area contributed by atoms with Crippen LogP contribution in [0.3, 0.4) is 0 Å². The van der Waals surface area contributed by atoms with Crippen LogP contribution in [0.4, 0.5) is 4.39 Å². The van der Waals surface area contributed by atoms with Gasteiger partial charge in [-0.1, -0.05) is 0 Å². The molecule has 0 saturated carbocycles. The third-order valence-corrected chi connectivity index (χ3v) is 2.51. The smallest absolute Gasteiger partial charge is 0.312 e. The van der Waals surface area contributed by atoms with Gasteiger partial charge in [-0.3, -0.25) is 0 Å². The molecule has 0 N–H and O–H groups in total. The Labute approximate surface area is 113 Å². The summed E-state index contributed by atoms with van der Waals surface area (Å²) in [4.78, 5) is 0. The van der Waals surface area contributed by atoms with Gasteiger partial charge in [0.2, 0.25) is 0 Å². The van der Waals surface area contributed by atoms with E-state index in [0.29, 0.717) is 25.4 Å². The van der Waals surface area contributed by atoms with Gasteiger partial charge in [0, 0.05) is 25.4 Å². The van der Waals surface area contributed by atoms with Gasteiger partial charge in [0.25, 0.3) is 0 Å². The van der Waals surface area contributed by atoms with Crippen LogP contribution in [0, 0.1) is 5.82 Å². The molecule has 0 heterocycles. The van der Waals surface area contributed by atoms with E-state index in [-0.39, 0.29) is 5.75 Å². The predicted octanol–water partition coefficient (Wildman–Crippen LogP) is 3.05. The molecule has 1 aromatic carbocycles. The molecule has 0 unspecified atom stereocenters. The lowest BCUT2D eigenvalue weighted by molar-refractivity contribution is -0.389. The summed E-state index contributed by atoms with van der Waals surface area (Å²) in [6.07, 6.45) is 0. The van der Waals surface area contributed by atoms with E-state index in [1.807, 2.05) is 20.8 Å². The van der Waals surface area contributed by atoms with Crippen molar-refractivity contribution in [1.29, 1.82) is 0 Å². The number of ether oxygens (including phenoxy) is 4. The number of methoxy groups -OCH3 is 1. The van der Waals surface area contributed by atoms with Crippen LogP contribution in [0.15, 0.2) is 18.2 Å². The van der Waals surface area contributed by atoms with E-state index in [1.165, 1.54) is 19.2 Å². The summed E-state index contributed by atoms with van der Waals surface area (Å²) in [5, 5.41) is 0. The van der Waals surface area contributed by atoms with Crippen molar-refractivity contribution < 1.29 is 23.3 Å². The monoisotopic (exact) mass is 272 g/mol. The van der Waals surface area contributed by atoms with Gasteiger partial charge in [-0.15, -0.1) is 0 Å². The van der Waals surface area contributed by atoms with Crippen molar-refractivity contribution in [2.24, 2.45) is 0 Å². The summed E-state index contributed by atoms with van der Waals surface area (Å²) in [7, 11) is 1.41. The number of rotatable bonds is 8. The van der Waals surface area contributed by atoms with E-state index in [0.717, 1.165) is 0 Å². The number of hydrogen-bond acceptors (Lipinski definition) is 4. The molecular weight excluding hydrogens is 251 g/mol. The standard InChI is InChI=1S/C14H21FO4/c1-5-17-14(18-6-2,19-7-3)11-8-9-12(15)13(10-11)16-4/h8-10H,5-7H2,1-4H3. The molecule has 1 rings (SSSR count). The molecule has 0 bridgehead atoms. The molecule has 0 fully saturated rings. The van der Waals surface area contributed by atoms with Crippen LogP contribution in [0.1, 0.15) is 26.3 Å². The Hall–Kier alpha value is -1.17. The zero-order chi connectivity index (χ0) is 14.3. The SMILES string of the molecule is CCOC(OCC)(OCC)c1ccc(F)c(OC)c1. The van der Waals surface area contributed by atoms with Gasteiger partial charge >= 0.3 is 5.97 Å². The number of halogens is 1. The molecule has 0 aliphatic rings. The third-order valence-electron chi connectivity index (χ3n) is 2.51. The number of hydrogen-bond donors (Lipinski definition) is 0. The summed E-state index contributed by atoms with van der Waals surface area (Å²) < 4.78 is 35.3. The van der Waals surface area contributed by atoms with Crippen molar-refractivity contribution in [2.75, 3.05) is 26.9 Å². The Morgan fingerprint density at radius 3 is 1.95 bits per heavy atom. The van der Waals surface area contributed by atoms with E-state index in [1.54, 1.807) is 6.07 Å². The average Bonchev–Trinajstić information content (AvgIpc) is 2.40. The highest BCUT2D eigenvalue weighted by Gasteiger charge is 2.35. The summed E-state index contributed by atoms with van der Waals surface area (Å²) in [6, 6.07) is 4.40. The first-order chi connectivity index (χ1) is 9.13. The molecule has 5 heteroatoms. The van der Waals surface area contributed by atoms with E-state index < -0.39 is 11.8 Å². The first-order valence-electron chi connectivity index (χ1n) is 6.39.